The van der Waals surface area contributed by atoms with Gasteiger partial charge in [0.2, 0.25) is 0 Å². The van der Waals surface area contributed by atoms with E-state index in [0.29, 0.717) is 55.2 Å². The molecule has 3 heterocycles. The smallest absolute Gasteiger partial charge is 0.268 e. The molecule has 0 N–H and O–H groups in total. The van der Waals surface area contributed by atoms with E-state index in [-0.39, 0.29) is 71.7 Å². The van der Waals surface area contributed by atoms with Gasteiger partial charge in [0.15, 0.2) is 8.07 Å². The number of rotatable bonds is 13. The SMILES string of the molecule is [2H]c1c([2H])c([2H])c(-c2cnc(-n3c4[c-]c(Oc5[c-]c(-n6[c-][n+](-c7c(-c8cc(C(C)(C)C)cc(C(C)(C)C)c8)cc(C(C)(C)C)cc7-c7c([2H])c([2H])c([2H])c([Si](c8c([2H])c([2H])c([2H])c([2H])c8[2H])(c8c([2H])c([2H])c([2H])c([2H])c8[2H])c8c([2H])c([2H])c([2H])c([2H])c8[2H])c7[2H])c7ccc(-c8ccc(C(C)(C)C)cc8)cc76)ccc5)ccc4c4ccccc43)cc2C([2H])([2H])[2H])c([2H])c1[2H].[Pt]. The van der Waals surface area contributed by atoms with E-state index in [9.17, 15) is 21.9 Å². The van der Waals surface area contributed by atoms with Gasteiger partial charge in [-0.3, -0.25) is 4.57 Å². The van der Waals surface area contributed by atoms with Crippen molar-refractivity contribution in [3.63, 3.8) is 0 Å². The number of aromatic nitrogens is 4. The molecule has 0 saturated carbocycles. The van der Waals surface area contributed by atoms with E-state index in [4.69, 9.17) is 24.8 Å². The first kappa shape index (κ1) is 43.5. The number of imidazole rings is 1. The number of aryl methyl sites for hydroxylation is 1. The standard InChI is InChI=1S/C95H86N4OSi.Pt/c1-64-52-90(96-62-85(64)66-30-18-14-19-31-66)99-86-43-27-26-42-81(86)82-50-49-76(61-88(82)99)100-75-34-29-33-74(60-75)97-63-98(87-51-46-67(56-89(87)97)65-44-47-70(48-45-65)92(2,3)4)91-83(58-73(95(11,12)13)59-84(91)69-53-71(93(5,6)7)57-72(54-69)94(8,9)10)68-32-28-41-80(55-68)101(77-35-20-15-21-36-77,78-37-22-16-23-38-78)79-39-24-17-25-40-79;/h14-59,62H,1-13H3;/q-2;/i1D3,14D,15D,16D,17D,18D,19D,20D,21D,22D,23D,24D,25D,28D,30D,31D,32D,35D,36D,37D,38D,39D,40D,41D,55D;. The van der Waals surface area contributed by atoms with Gasteiger partial charge >= 0.3 is 0 Å². The molecule has 0 radical (unpaired) electrons. The largest absolute Gasteiger partial charge is 0.510 e. The molecule has 5 nitrogen and oxygen atoms in total. The van der Waals surface area contributed by atoms with Crippen molar-refractivity contribution in [2.24, 2.45) is 0 Å². The van der Waals surface area contributed by atoms with Crippen LogP contribution in [0, 0.1) is 25.3 Å². The van der Waals surface area contributed by atoms with Gasteiger partial charge < -0.3 is 13.9 Å². The predicted molar refractivity (Wildman–Crippen MR) is 425 cm³/mol. The third kappa shape index (κ3) is 12.9. The molecule has 0 aliphatic rings. The number of hydrogen-bond donors (Lipinski definition) is 0. The molecule has 0 bridgehead atoms. The monoisotopic (exact) mass is 1550 g/mol. The van der Waals surface area contributed by atoms with Crippen LogP contribution in [0.5, 0.6) is 11.5 Å². The zero-order valence-corrected chi connectivity index (χ0v) is 61.6. The Morgan fingerprint density at radius 3 is 1.60 bits per heavy atom. The average molecular weight is 1550 g/mol. The van der Waals surface area contributed by atoms with Gasteiger partial charge in [0, 0.05) is 54.0 Å². The summed E-state index contributed by atoms with van der Waals surface area (Å²) in [5, 5.41) is -2.56. The van der Waals surface area contributed by atoms with Crippen molar-refractivity contribution in [2.45, 2.75) is 112 Å². The summed E-state index contributed by atoms with van der Waals surface area (Å²) in [5.41, 5.74) is 4.39. The minimum Gasteiger partial charge on any atom is -0.510 e. The van der Waals surface area contributed by atoms with Crippen molar-refractivity contribution < 1.29 is 67.4 Å². The van der Waals surface area contributed by atoms with Crippen LogP contribution in [-0.2, 0) is 42.7 Å². The third-order valence-corrected chi connectivity index (χ3v) is 22.5. The van der Waals surface area contributed by atoms with Gasteiger partial charge in [-0.1, -0.05) is 319 Å². The summed E-state index contributed by atoms with van der Waals surface area (Å²) in [7, 11) is -6.41. The van der Waals surface area contributed by atoms with Crippen molar-refractivity contribution in [1.82, 2.24) is 14.1 Å². The Kier molecular flexibility index (Phi) is 11.5. The Morgan fingerprint density at radius 1 is 0.441 bits per heavy atom. The van der Waals surface area contributed by atoms with E-state index >= 15 is 0 Å². The Hall–Kier alpha value is -10.2. The van der Waals surface area contributed by atoms with Crippen molar-refractivity contribution in [2.75, 3.05) is 0 Å². The van der Waals surface area contributed by atoms with Crippen LogP contribution in [0.25, 0.3) is 94.5 Å². The van der Waals surface area contributed by atoms with Crippen LogP contribution in [-0.4, -0.2) is 22.2 Å². The fourth-order valence-electron chi connectivity index (χ4n) is 13.0. The first-order valence-electron chi connectivity index (χ1n) is 46.7. The van der Waals surface area contributed by atoms with Crippen LogP contribution in [0.3, 0.4) is 0 Å². The van der Waals surface area contributed by atoms with Crippen molar-refractivity contribution in [1.29, 1.82) is 0 Å². The number of hydrogen-bond acceptors (Lipinski definition) is 2. The second-order valence-electron chi connectivity index (χ2n) is 29.3. The maximum Gasteiger partial charge on any atom is 0.268 e. The Morgan fingerprint density at radius 2 is 0.990 bits per heavy atom. The number of ether oxygens (including phenoxy) is 1. The maximum atomic E-state index is 11.4. The van der Waals surface area contributed by atoms with Gasteiger partial charge in [-0.2, -0.15) is 18.2 Å². The van der Waals surface area contributed by atoms with E-state index in [1.165, 1.54) is 12.3 Å². The summed E-state index contributed by atoms with van der Waals surface area (Å²) >= 11 is 0. The molecule has 15 rings (SSSR count). The van der Waals surface area contributed by atoms with Gasteiger partial charge in [0.05, 0.1) is 49.6 Å². The molecular weight excluding hydrogens is 1440 g/mol. The Bertz CT molecular complexity index is 6940. The maximum absolute atomic E-state index is 11.4. The molecule has 508 valence electrons. The van der Waals surface area contributed by atoms with Gasteiger partial charge in [-0.15, -0.1) is 29.7 Å². The van der Waals surface area contributed by atoms with Gasteiger partial charge in [0.25, 0.3) is 6.33 Å². The molecule has 0 atom stereocenters. The molecule has 0 aliphatic carbocycles. The fourth-order valence-corrected chi connectivity index (χ4v) is 16.5. The molecule has 15 aromatic rings. The average Bonchev–Trinajstić information content (AvgIpc) is 1.19. The second kappa shape index (κ2) is 26.9. The molecular formula is C95H86N4OPtSi-2. The van der Waals surface area contributed by atoms with E-state index in [0.717, 1.165) is 27.8 Å². The summed E-state index contributed by atoms with van der Waals surface area (Å²) in [4.78, 5) is 4.75. The molecule has 0 spiro atoms. The van der Waals surface area contributed by atoms with E-state index in [1.807, 2.05) is 99.6 Å². The summed E-state index contributed by atoms with van der Waals surface area (Å²) in [5.74, 6) is 0.349. The van der Waals surface area contributed by atoms with Crippen LogP contribution in [0.15, 0.2) is 285 Å². The summed E-state index contributed by atoms with van der Waals surface area (Å²) in [6.07, 6.45) is 4.89. The van der Waals surface area contributed by atoms with Gasteiger partial charge in [0.1, 0.15) is 5.82 Å². The zero-order chi connectivity index (χ0) is 93.6. The number of fused-ring (bicyclic) bond motifs is 4. The number of nitrogens with zero attached hydrogens (tertiary/aromatic N) is 4. The van der Waals surface area contributed by atoms with Crippen LogP contribution >= 0.6 is 0 Å². The second-order valence-corrected chi connectivity index (χ2v) is 32.8. The number of pyridine rings is 1. The minimum atomic E-state index is -6.41. The molecule has 12 aromatic carbocycles. The van der Waals surface area contributed by atoms with Crippen LogP contribution in [0.1, 0.15) is 148 Å². The quantitative estimate of drug-likeness (QED) is 0.0499. The number of benzene rings is 12. The minimum absolute atomic E-state index is 0. The normalized spacial score (nSPS) is 16.1. The van der Waals surface area contributed by atoms with Crippen molar-refractivity contribution in [3.8, 4) is 73.2 Å². The van der Waals surface area contributed by atoms with Gasteiger partial charge in [-0.05, 0) is 145 Å². The van der Waals surface area contributed by atoms with Crippen LogP contribution in [0.2, 0.25) is 0 Å². The molecule has 3 aromatic heterocycles. The Balaban J connectivity index is 0.0000134. The van der Waals surface area contributed by atoms with E-state index in [2.05, 4.69) is 86.8 Å². The summed E-state index contributed by atoms with van der Waals surface area (Å²) in [6.45, 7) is 21.6. The van der Waals surface area contributed by atoms with Crippen LogP contribution in [0.4, 0.5) is 0 Å². The molecule has 0 unspecified atom stereocenters. The Labute approximate surface area is 656 Å². The topological polar surface area (TPSA) is 35.9 Å². The zero-order valence-electron chi connectivity index (χ0n) is 85.3. The summed E-state index contributed by atoms with van der Waals surface area (Å²) in [6, 6.07) is 24.2. The molecule has 0 aliphatic heterocycles. The predicted octanol–water partition coefficient (Wildman–Crippen LogP) is 21.1. The fraction of sp³-hybridized carbons (Fsp3) is 0.179. The first-order valence-corrected chi connectivity index (χ1v) is 35.2. The summed E-state index contributed by atoms with van der Waals surface area (Å²) < 4.78 is 267. The van der Waals surface area contributed by atoms with E-state index < -0.39 is 202 Å². The molecule has 0 saturated heterocycles. The molecule has 102 heavy (non-hydrogen) atoms. The van der Waals surface area contributed by atoms with Gasteiger partial charge in [-0.25, -0.2) is 4.98 Å². The molecule has 7 heteroatoms. The third-order valence-electron chi connectivity index (χ3n) is 18.5. The van der Waals surface area contributed by atoms with Crippen molar-refractivity contribution in [3.05, 3.63) is 331 Å². The van der Waals surface area contributed by atoms with Crippen molar-refractivity contribution >= 4 is 61.7 Å². The molecule has 0 amide bonds. The molecule has 0 fully saturated rings. The first-order chi connectivity index (χ1) is 59.7. The van der Waals surface area contributed by atoms with E-state index in [1.54, 1.807) is 56.2 Å². The number of para-hydroxylation sites is 1. The van der Waals surface area contributed by atoms with Crippen LogP contribution < -0.4 is 30.1 Å².